The van der Waals surface area contributed by atoms with E-state index in [1.807, 2.05) is 6.92 Å². The Morgan fingerprint density at radius 2 is 2.14 bits per heavy atom. The molecule has 0 heterocycles. The fraction of sp³-hybridized carbons (Fsp3) is 0.429. The van der Waals surface area contributed by atoms with Crippen molar-refractivity contribution in [1.82, 2.24) is 5.32 Å². The Balaban J connectivity index is 2.69. The molecule has 2 amide bonds. The molecule has 1 aromatic rings. The zero-order valence-corrected chi connectivity index (χ0v) is 12.0. The van der Waals surface area contributed by atoms with Gasteiger partial charge in [-0.2, -0.15) is 0 Å². The minimum atomic E-state index is -0.979. The van der Waals surface area contributed by atoms with Crippen LogP contribution in [0.25, 0.3) is 0 Å². The molecular formula is C14H19FN2O4. The lowest BCUT2D eigenvalue weighted by atomic mass is 10.1. The maximum absolute atomic E-state index is 13.1. The smallest absolute Gasteiger partial charge is 0.319 e. The first kappa shape index (κ1) is 16.7. The number of urea groups is 1. The average molecular weight is 298 g/mol. The second-order valence-corrected chi connectivity index (χ2v) is 4.53. The number of carboxylic acids is 1. The van der Waals surface area contributed by atoms with Gasteiger partial charge in [-0.1, -0.05) is 13.3 Å². The predicted molar refractivity (Wildman–Crippen MR) is 76.1 cm³/mol. The van der Waals surface area contributed by atoms with Crippen LogP contribution in [0.4, 0.5) is 14.9 Å². The van der Waals surface area contributed by atoms with Gasteiger partial charge in [0, 0.05) is 12.1 Å². The van der Waals surface area contributed by atoms with Crippen molar-refractivity contribution in [3.05, 3.63) is 24.0 Å². The third-order valence-corrected chi connectivity index (χ3v) is 2.81. The maximum Gasteiger partial charge on any atom is 0.319 e. The molecule has 0 fully saturated rings. The van der Waals surface area contributed by atoms with Gasteiger partial charge in [-0.3, -0.25) is 4.79 Å². The van der Waals surface area contributed by atoms with Crippen LogP contribution in [0.3, 0.4) is 0 Å². The summed E-state index contributed by atoms with van der Waals surface area (Å²) in [5.41, 5.74) is 0.307. The number of anilines is 1. The fourth-order valence-electron chi connectivity index (χ4n) is 1.90. The van der Waals surface area contributed by atoms with Crippen LogP contribution in [0.5, 0.6) is 5.75 Å². The minimum Gasteiger partial charge on any atom is -0.494 e. The molecule has 0 aromatic heterocycles. The highest BCUT2D eigenvalue weighted by Gasteiger charge is 2.16. The number of carboxylic acid groups (broad SMARTS) is 1. The van der Waals surface area contributed by atoms with Crippen molar-refractivity contribution < 1.29 is 23.8 Å². The number of amides is 2. The molecule has 1 atom stereocenters. The van der Waals surface area contributed by atoms with Crippen molar-refractivity contribution in [3.63, 3.8) is 0 Å². The largest absolute Gasteiger partial charge is 0.494 e. The van der Waals surface area contributed by atoms with Gasteiger partial charge in [-0.25, -0.2) is 9.18 Å². The molecule has 1 unspecified atom stereocenters. The van der Waals surface area contributed by atoms with Gasteiger partial charge in [0.2, 0.25) is 0 Å². The lowest BCUT2D eigenvalue weighted by Crippen LogP contribution is -2.39. The number of nitrogens with one attached hydrogen (secondary N) is 2. The van der Waals surface area contributed by atoms with Crippen molar-refractivity contribution in [2.75, 3.05) is 12.4 Å². The number of hydrogen-bond acceptors (Lipinski definition) is 3. The summed E-state index contributed by atoms with van der Waals surface area (Å²) in [5.74, 6) is -1.27. The molecule has 116 valence electrons. The lowest BCUT2D eigenvalue weighted by molar-refractivity contribution is -0.137. The number of carbonyl (C=O) groups excluding carboxylic acids is 1. The average Bonchev–Trinajstić information content (AvgIpc) is 2.40. The molecule has 1 aromatic carbocycles. The Kier molecular flexibility index (Phi) is 6.45. The van der Waals surface area contributed by atoms with Gasteiger partial charge >= 0.3 is 12.0 Å². The first-order chi connectivity index (χ1) is 9.96. The quantitative estimate of drug-likeness (QED) is 0.722. The first-order valence-corrected chi connectivity index (χ1v) is 6.59. The molecule has 0 saturated heterocycles. The Morgan fingerprint density at radius 1 is 1.43 bits per heavy atom. The van der Waals surface area contributed by atoms with Gasteiger partial charge in [0.05, 0.1) is 19.2 Å². The molecule has 0 aliphatic carbocycles. The van der Waals surface area contributed by atoms with Crippen molar-refractivity contribution in [1.29, 1.82) is 0 Å². The molecule has 0 saturated carbocycles. The minimum absolute atomic E-state index is 0.151. The number of aliphatic carboxylic acids is 1. The number of carbonyl (C=O) groups is 2. The van der Waals surface area contributed by atoms with E-state index in [9.17, 15) is 14.0 Å². The fourth-order valence-corrected chi connectivity index (χ4v) is 1.90. The maximum atomic E-state index is 13.1. The molecule has 6 nitrogen and oxygen atoms in total. The van der Waals surface area contributed by atoms with E-state index in [-0.39, 0.29) is 12.2 Å². The van der Waals surface area contributed by atoms with E-state index in [2.05, 4.69) is 10.6 Å². The summed E-state index contributed by atoms with van der Waals surface area (Å²) in [6, 6.07) is 2.70. The van der Waals surface area contributed by atoms with E-state index in [0.29, 0.717) is 12.1 Å². The van der Waals surface area contributed by atoms with Crippen LogP contribution in [0.15, 0.2) is 18.2 Å². The number of methoxy groups -OCH3 is 1. The monoisotopic (exact) mass is 298 g/mol. The van der Waals surface area contributed by atoms with E-state index in [0.717, 1.165) is 12.5 Å². The number of benzene rings is 1. The van der Waals surface area contributed by atoms with Gasteiger partial charge < -0.3 is 20.5 Å². The third-order valence-electron chi connectivity index (χ3n) is 2.81. The summed E-state index contributed by atoms with van der Waals surface area (Å²) in [5, 5.41) is 13.9. The number of ether oxygens (including phenoxy) is 1. The highest BCUT2D eigenvalue weighted by molar-refractivity contribution is 5.91. The third kappa shape index (κ3) is 5.68. The second kappa shape index (κ2) is 8.08. The number of halogens is 1. The van der Waals surface area contributed by atoms with Gasteiger partial charge in [-0.15, -0.1) is 0 Å². The molecule has 7 heteroatoms. The van der Waals surface area contributed by atoms with Crippen LogP contribution in [0.2, 0.25) is 0 Å². The van der Waals surface area contributed by atoms with E-state index < -0.39 is 23.9 Å². The van der Waals surface area contributed by atoms with E-state index in [1.165, 1.54) is 19.2 Å². The summed E-state index contributed by atoms with van der Waals surface area (Å²) in [6.45, 7) is 1.90. The van der Waals surface area contributed by atoms with Crippen LogP contribution >= 0.6 is 0 Å². The lowest BCUT2D eigenvalue weighted by Gasteiger charge is -2.17. The topological polar surface area (TPSA) is 87.7 Å². The molecule has 0 aliphatic rings. The molecule has 0 spiro atoms. The number of rotatable bonds is 7. The summed E-state index contributed by atoms with van der Waals surface area (Å²) in [7, 11) is 1.36. The number of hydrogen-bond donors (Lipinski definition) is 3. The van der Waals surface area contributed by atoms with Crippen molar-refractivity contribution in [3.8, 4) is 5.75 Å². The van der Waals surface area contributed by atoms with Gasteiger partial charge in [0.25, 0.3) is 0 Å². The van der Waals surface area contributed by atoms with Crippen LogP contribution in [-0.2, 0) is 4.79 Å². The zero-order chi connectivity index (χ0) is 15.8. The summed E-state index contributed by atoms with van der Waals surface area (Å²) in [6.07, 6.45) is 1.15. The van der Waals surface area contributed by atoms with Crippen LogP contribution in [-0.4, -0.2) is 30.3 Å². The molecule has 0 bridgehead atoms. The van der Waals surface area contributed by atoms with E-state index in [1.54, 1.807) is 0 Å². The zero-order valence-electron chi connectivity index (χ0n) is 12.0. The summed E-state index contributed by atoms with van der Waals surface area (Å²) >= 11 is 0. The summed E-state index contributed by atoms with van der Waals surface area (Å²) in [4.78, 5) is 22.6. The molecule has 0 radical (unpaired) electrons. The van der Waals surface area contributed by atoms with Gasteiger partial charge in [0.1, 0.15) is 11.6 Å². The van der Waals surface area contributed by atoms with Crippen molar-refractivity contribution >= 4 is 17.7 Å². The van der Waals surface area contributed by atoms with Crippen molar-refractivity contribution in [2.45, 2.75) is 32.2 Å². The predicted octanol–water partition coefficient (Wildman–Crippen LogP) is 2.60. The van der Waals surface area contributed by atoms with Crippen molar-refractivity contribution in [2.24, 2.45) is 0 Å². The summed E-state index contributed by atoms with van der Waals surface area (Å²) < 4.78 is 18.0. The molecule has 1 rings (SSSR count). The Hall–Kier alpha value is -2.31. The first-order valence-electron chi connectivity index (χ1n) is 6.59. The van der Waals surface area contributed by atoms with E-state index >= 15 is 0 Å². The van der Waals surface area contributed by atoms with Gasteiger partial charge in [-0.05, 0) is 18.6 Å². The molecule has 0 aliphatic heterocycles. The van der Waals surface area contributed by atoms with E-state index in [4.69, 9.17) is 9.84 Å². The highest BCUT2D eigenvalue weighted by Crippen LogP contribution is 2.24. The van der Waals surface area contributed by atoms with Crippen LogP contribution < -0.4 is 15.4 Å². The highest BCUT2D eigenvalue weighted by atomic mass is 19.1. The second-order valence-electron chi connectivity index (χ2n) is 4.53. The van der Waals surface area contributed by atoms with Crippen LogP contribution in [0, 0.1) is 5.82 Å². The Labute approximate surface area is 122 Å². The Bertz CT molecular complexity index is 508. The molecule has 21 heavy (non-hydrogen) atoms. The SMILES string of the molecule is CCCC(CC(=O)O)NC(=O)Nc1ccc(F)cc1OC. The molecule has 3 N–H and O–H groups in total. The standard InChI is InChI=1S/C14H19FN2O4/c1-3-4-10(8-13(18)19)16-14(20)17-11-6-5-9(15)7-12(11)21-2/h5-7,10H,3-4,8H2,1-2H3,(H,18,19)(H2,16,17,20). The van der Waals surface area contributed by atoms with Crippen LogP contribution in [0.1, 0.15) is 26.2 Å². The van der Waals surface area contributed by atoms with Gasteiger partial charge in [0.15, 0.2) is 0 Å². The normalized spacial score (nSPS) is 11.6. The Morgan fingerprint density at radius 3 is 2.71 bits per heavy atom. The molecular weight excluding hydrogens is 279 g/mol.